The van der Waals surface area contributed by atoms with Crippen molar-refractivity contribution >= 4 is 34.0 Å². The van der Waals surface area contributed by atoms with Crippen LogP contribution in [0.15, 0.2) is 23.1 Å². The van der Waals surface area contributed by atoms with Crippen LogP contribution in [0.3, 0.4) is 0 Å². The molecule has 1 aromatic rings. The second kappa shape index (κ2) is 3.87. The lowest BCUT2D eigenvalue weighted by molar-refractivity contribution is -0.116. The predicted molar refractivity (Wildman–Crippen MR) is 63.0 cm³/mol. The largest absolute Gasteiger partial charge is 0.312 e. The molecule has 74 valence electrons. The summed E-state index contributed by atoms with van der Waals surface area (Å²) in [4.78, 5) is 14.2. The third-order valence-corrected chi connectivity index (χ3v) is 3.53. The summed E-state index contributed by atoms with van der Waals surface area (Å²) in [5.74, 6) is 0.120. The number of thiol groups is 1. The molecule has 0 spiro atoms. The summed E-state index contributed by atoms with van der Waals surface area (Å²) in [6.45, 7) is 2.42. The summed E-state index contributed by atoms with van der Waals surface area (Å²) in [7, 11) is 1.44. The second-order valence-electron chi connectivity index (χ2n) is 3.30. The van der Waals surface area contributed by atoms with Gasteiger partial charge in [-0.15, -0.1) is 11.7 Å². The summed E-state index contributed by atoms with van der Waals surface area (Å²) in [5, 5.41) is 0. The van der Waals surface area contributed by atoms with Gasteiger partial charge in [0.05, 0.1) is 0 Å². The molecular formula is C10H11NOS2. The average molecular weight is 225 g/mol. The highest BCUT2D eigenvalue weighted by Gasteiger charge is 2.21. The first-order valence-electron chi connectivity index (χ1n) is 4.45. The van der Waals surface area contributed by atoms with Crippen LogP contribution in [0.1, 0.15) is 12.5 Å². The van der Waals surface area contributed by atoms with E-state index in [1.807, 2.05) is 17.0 Å². The fourth-order valence-electron chi connectivity index (χ4n) is 1.76. The number of hydrogen-bond donors (Lipinski definition) is 1. The van der Waals surface area contributed by atoms with E-state index in [-0.39, 0.29) is 5.91 Å². The Bertz CT molecular complexity index is 378. The Kier molecular flexibility index (Phi) is 2.74. The summed E-state index contributed by atoms with van der Waals surface area (Å²) < 4.78 is 0. The van der Waals surface area contributed by atoms with E-state index < -0.39 is 0 Å². The highest BCUT2D eigenvalue weighted by atomic mass is 33.1. The van der Waals surface area contributed by atoms with Crippen LogP contribution in [0, 0.1) is 0 Å². The zero-order valence-corrected chi connectivity index (χ0v) is 9.57. The van der Waals surface area contributed by atoms with Gasteiger partial charge in [0.1, 0.15) is 0 Å². The van der Waals surface area contributed by atoms with Gasteiger partial charge in [-0.25, -0.2) is 0 Å². The van der Waals surface area contributed by atoms with Crippen LogP contribution in [0.2, 0.25) is 0 Å². The number of benzene rings is 1. The number of anilines is 1. The van der Waals surface area contributed by atoms with Crippen molar-refractivity contribution in [1.29, 1.82) is 0 Å². The van der Waals surface area contributed by atoms with Crippen molar-refractivity contribution in [3.63, 3.8) is 0 Å². The van der Waals surface area contributed by atoms with E-state index in [0.29, 0.717) is 0 Å². The van der Waals surface area contributed by atoms with Crippen molar-refractivity contribution < 1.29 is 4.79 Å². The van der Waals surface area contributed by atoms with Gasteiger partial charge < -0.3 is 4.90 Å². The maximum atomic E-state index is 11.3. The Labute approximate surface area is 92.5 Å². The fraction of sp³-hybridized carbons (Fsp3) is 0.300. The number of carbonyl (C=O) groups excluding carboxylic acids is 1. The average Bonchev–Trinajstić information content (AvgIpc) is 2.59. The molecule has 0 aliphatic carbocycles. The molecule has 1 aromatic carbocycles. The monoisotopic (exact) mass is 225 g/mol. The molecule has 1 aliphatic rings. The number of rotatable bonds is 1. The van der Waals surface area contributed by atoms with Crippen LogP contribution >= 0.6 is 22.5 Å². The molecular weight excluding hydrogens is 214 g/mol. The highest BCUT2D eigenvalue weighted by Crippen LogP contribution is 2.32. The normalized spacial score (nSPS) is 14.3. The van der Waals surface area contributed by atoms with Crippen molar-refractivity contribution in [3.05, 3.63) is 23.8 Å². The summed E-state index contributed by atoms with van der Waals surface area (Å²) in [6, 6.07) is 6.11. The summed E-state index contributed by atoms with van der Waals surface area (Å²) in [6.07, 6.45) is 0.955. The Balaban J connectivity index is 2.38. The quantitative estimate of drug-likeness (QED) is 0.585. The minimum absolute atomic E-state index is 0.120. The molecule has 14 heavy (non-hydrogen) atoms. The van der Waals surface area contributed by atoms with Crippen LogP contribution < -0.4 is 4.90 Å². The van der Waals surface area contributed by atoms with Gasteiger partial charge in [-0.2, -0.15) is 0 Å². The van der Waals surface area contributed by atoms with Gasteiger partial charge >= 0.3 is 0 Å². The van der Waals surface area contributed by atoms with Crippen molar-refractivity contribution in [2.24, 2.45) is 0 Å². The Morgan fingerprint density at radius 3 is 3.00 bits per heavy atom. The van der Waals surface area contributed by atoms with Crippen LogP contribution in [0.5, 0.6) is 0 Å². The predicted octanol–water partition coefficient (Wildman–Crippen LogP) is 2.53. The van der Waals surface area contributed by atoms with Gasteiger partial charge in [0.25, 0.3) is 0 Å². The first-order chi connectivity index (χ1) is 6.72. The lowest BCUT2D eigenvalue weighted by Gasteiger charge is -2.14. The second-order valence-corrected chi connectivity index (χ2v) is 4.50. The molecule has 1 amide bonds. The Hall–Kier alpha value is -0.610. The van der Waals surface area contributed by atoms with Crippen LogP contribution in [-0.2, 0) is 11.2 Å². The van der Waals surface area contributed by atoms with E-state index in [1.54, 1.807) is 6.92 Å². The topological polar surface area (TPSA) is 20.3 Å². The number of nitrogens with zero attached hydrogens (tertiary/aromatic N) is 1. The van der Waals surface area contributed by atoms with Crippen molar-refractivity contribution in [1.82, 2.24) is 0 Å². The zero-order valence-electron chi connectivity index (χ0n) is 7.86. The van der Waals surface area contributed by atoms with E-state index in [9.17, 15) is 4.79 Å². The molecule has 0 saturated heterocycles. The molecule has 4 heteroatoms. The van der Waals surface area contributed by atoms with E-state index in [2.05, 4.69) is 17.7 Å². The standard InChI is InChI=1S/C10H11NOS2/c1-7(12)11-5-4-8-6-9(14-13)2-3-10(8)11/h2-3,6,13H,4-5H2,1H3. The molecule has 2 nitrogen and oxygen atoms in total. The van der Waals surface area contributed by atoms with Gasteiger partial charge in [0.2, 0.25) is 5.91 Å². The maximum absolute atomic E-state index is 11.3. The molecule has 0 N–H and O–H groups in total. The van der Waals surface area contributed by atoms with Crippen LogP contribution in [0.25, 0.3) is 0 Å². The van der Waals surface area contributed by atoms with Gasteiger partial charge in [-0.1, -0.05) is 10.8 Å². The third kappa shape index (κ3) is 1.64. The van der Waals surface area contributed by atoms with Gasteiger partial charge in [-0.05, 0) is 30.2 Å². The van der Waals surface area contributed by atoms with E-state index in [1.165, 1.54) is 16.4 Å². The lowest BCUT2D eigenvalue weighted by Crippen LogP contribution is -2.25. The van der Waals surface area contributed by atoms with E-state index in [0.717, 1.165) is 23.5 Å². The van der Waals surface area contributed by atoms with Crippen molar-refractivity contribution in [2.45, 2.75) is 18.2 Å². The van der Waals surface area contributed by atoms with E-state index >= 15 is 0 Å². The van der Waals surface area contributed by atoms with E-state index in [4.69, 9.17) is 0 Å². The molecule has 0 unspecified atom stereocenters. The summed E-state index contributed by atoms with van der Waals surface area (Å²) in [5.41, 5.74) is 2.31. The third-order valence-electron chi connectivity index (χ3n) is 2.43. The molecule has 1 heterocycles. The first kappa shape index (κ1) is 9.93. The molecule has 0 saturated carbocycles. The Morgan fingerprint density at radius 1 is 1.57 bits per heavy atom. The molecule has 1 aliphatic heterocycles. The molecule has 0 atom stereocenters. The summed E-state index contributed by atoms with van der Waals surface area (Å²) >= 11 is 4.15. The van der Waals surface area contributed by atoms with Crippen LogP contribution in [-0.4, -0.2) is 12.5 Å². The molecule has 0 aromatic heterocycles. The zero-order chi connectivity index (χ0) is 10.1. The molecule has 0 radical (unpaired) electrons. The van der Waals surface area contributed by atoms with Crippen molar-refractivity contribution in [3.8, 4) is 0 Å². The number of fused-ring (bicyclic) bond motifs is 1. The Morgan fingerprint density at radius 2 is 2.36 bits per heavy atom. The van der Waals surface area contributed by atoms with Crippen LogP contribution in [0.4, 0.5) is 5.69 Å². The van der Waals surface area contributed by atoms with Gasteiger partial charge in [-0.3, -0.25) is 4.79 Å². The number of amides is 1. The molecule has 0 fully saturated rings. The highest BCUT2D eigenvalue weighted by molar-refractivity contribution is 8.68. The SMILES string of the molecule is CC(=O)N1CCc2cc(SS)ccc21. The fourth-order valence-corrected chi connectivity index (χ4v) is 2.43. The van der Waals surface area contributed by atoms with Gasteiger partial charge in [0.15, 0.2) is 0 Å². The number of hydrogen-bond acceptors (Lipinski definition) is 3. The van der Waals surface area contributed by atoms with Crippen molar-refractivity contribution in [2.75, 3.05) is 11.4 Å². The minimum atomic E-state index is 0.120. The minimum Gasteiger partial charge on any atom is -0.312 e. The number of carbonyl (C=O) groups is 1. The molecule has 2 rings (SSSR count). The maximum Gasteiger partial charge on any atom is 0.223 e. The first-order valence-corrected chi connectivity index (χ1v) is 6.31. The lowest BCUT2D eigenvalue weighted by atomic mass is 10.2. The smallest absolute Gasteiger partial charge is 0.223 e. The molecule has 0 bridgehead atoms. The van der Waals surface area contributed by atoms with Gasteiger partial charge in [0, 0.05) is 24.1 Å².